The number of anilines is 1. The van der Waals surface area contributed by atoms with Crippen molar-refractivity contribution in [1.82, 2.24) is 10.2 Å². The molecule has 138 valence electrons. The van der Waals surface area contributed by atoms with E-state index in [0.29, 0.717) is 36.9 Å². The van der Waals surface area contributed by atoms with E-state index >= 15 is 0 Å². The number of likely N-dealkylation sites (N-methyl/N-ethyl adjacent to an activating group) is 1. The molecular formula is C17H25N3O5. The largest absolute Gasteiger partial charge is 0.493 e. The van der Waals surface area contributed by atoms with Crippen LogP contribution in [0.4, 0.5) is 10.5 Å². The molecule has 2 amide bonds. The number of benzene rings is 1. The zero-order valence-corrected chi connectivity index (χ0v) is 15.1. The van der Waals surface area contributed by atoms with Crippen LogP contribution < -0.4 is 19.7 Å². The fourth-order valence-electron chi connectivity index (χ4n) is 2.58. The summed E-state index contributed by atoms with van der Waals surface area (Å²) in [4.78, 5) is 27.6. The van der Waals surface area contributed by atoms with Crippen LogP contribution in [0.5, 0.6) is 11.5 Å². The molecule has 0 aliphatic carbocycles. The first-order valence-electron chi connectivity index (χ1n) is 8.05. The lowest BCUT2D eigenvalue weighted by molar-refractivity contribution is -0.117. The van der Waals surface area contributed by atoms with Crippen LogP contribution in [0.15, 0.2) is 18.2 Å². The van der Waals surface area contributed by atoms with Crippen molar-refractivity contribution >= 4 is 17.7 Å². The lowest BCUT2D eigenvalue weighted by Crippen LogP contribution is -2.38. The minimum atomic E-state index is -0.506. The van der Waals surface area contributed by atoms with Gasteiger partial charge in [0.25, 0.3) is 0 Å². The monoisotopic (exact) mass is 351 g/mol. The molecule has 0 bridgehead atoms. The summed E-state index contributed by atoms with van der Waals surface area (Å²) in [6.07, 6.45) is -0.272. The number of ether oxygens (including phenoxy) is 3. The third-order valence-corrected chi connectivity index (χ3v) is 3.90. The summed E-state index contributed by atoms with van der Waals surface area (Å²) >= 11 is 0. The quantitative estimate of drug-likeness (QED) is 0.792. The number of rotatable bonds is 7. The Morgan fingerprint density at radius 3 is 2.64 bits per heavy atom. The van der Waals surface area contributed by atoms with Gasteiger partial charge in [0.15, 0.2) is 11.5 Å². The number of hydrogen-bond donors (Lipinski definition) is 1. The van der Waals surface area contributed by atoms with Crippen molar-refractivity contribution in [2.75, 3.05) is 52.9 Å². The van der Waals surface area contributed by atoms with Crippen LogP contribution >= 0.6 is 0 Å². The van der Waals surface area contributed by atoms with Crippen molar-refractivity contribution in [2.24, 2.45) is 0 Å². The highest BCUT2D eigenvalue weighted by atomic mass is 16.5. The lowest BCUT2D eigenvalue weighted by Gasteiger charge is -2.19. The molecule has 0 radical (unpaired) electrons. The summed E-state index contributed by atoms with van der Waals surface area (Å²) in [6.45, 7) is 1.34. The number of carbonyl (C=O) groups excluding carboxylic acids is 2. The van der Waals surface area contributed by atoms with Gasteiger partial charge >= 0.3 is 6.09 Å². The van der Waals surface area contributed by atoms with Gasteiger partial charge in [0, 0.05) is 31.3 Å². The van der Waals surface area contributed by atoms with E-state index in [4.69, 9.17) is 14.2 Å². The molecule has 1 fully saturated rings. The van der Waals surface area contributed by atoms with E-state index in [1.807, 2.05) is 19.0 Å². The van der Waals surface area contributed by atoms with Crippen LogP contribution in [0.2, 0.25) is 0 Å². The molecule has 25 heavy (non-hydrogen) atoms. The molecule has 1 heterocycles. The molecule has 1 aromatic rings. The Morgan fingerprint density at radius 1 is 1.28 bits per heavy atom. The minimum Gasteiger partial charge on any atom is -0.493 e. The average molecular weight is 351 g/mol. The number of carbonyl (C=O) groups is 2. The van der Waals surface area contributed by atoms with E-state index in [9.17, 15) is 9.59 Å². The number of nitrogens with zero attached hydrogens (tertiary/aromatic N) is 2. The van der Waals surface area contributed by atoms with E-state index in [0.717, 1.165) is 0 Å². The predicted octanol–water partition coefficient (Wildman–Crippen LogP) is 1.10. The van der Waals surface area contributed by atoms with Crippen LogP contribution in [0.3, 0.4) is 0 Å². The maximum atomic E-state index is 12.3. The zero-order chi connectivity index (χ0) is 18.4. The normalized spacial score (nSPS) is 16.9. The molecule has 0 saturated carbocycles. The molecule has 2 rings (SSSR count). The summed E-state index contributed by atoms with van der Waals surface area (Å²) < 4.78 is 15.6. The Kier molecular flexibility index (Phi) is 6.46. The van der Waals surface area contributed by atoms with Gasteiger partial charge in [0.05, 0.1) is 20.3 Å². The summed E-state index contributed by atoms with van der Waals surface area (Å²) in [5.41, 5.74) is 0.702. The lowest BCUT2D eigenvalue weighted by atomic mass is 10.2. The summed E-state index contributed by atoms with van der Waals surface area (Å²) in [5.74, 6) is 1.08. The molecule has 0 unspecified atom stereocenters. The molecule has 8 nitrogen and oxygen atoms in total. The van der Waals surface area contributed by atoms with Gasteiger partial charge in [-0.1, -0.05) is 0 Å². The number of hydrogen-bond acceptors (Lipinski definition) is 6. The molecule has 1 aliphatic heterocycles. The van der Waals surface area contributed by atoms with Gasteiger partial charge in [-0.2, -0.15) is 0 Å². The highest BCUT2D eigenvalue weighted by molar-refractivity contribution is 5.97. The predicted molar refractivity (Wildman–Crippen MR) is 93.3 cm³/mol. The summed E-state index contributed by atoms with van der Waals surface area (Å²) in [7, 11) is 6.90. The highest BCUT2D eigenvalue weighted by Gasteiger charge is 2.32. The first-order valence-corrected chi connectivity index (χ1v) is 8.05. The van der Waals surface area contributed by atoms with Crippen molar-refractivity contribution in [3.8, 4) is 11.5 Å². The van der Waals surface area contributed by atoms with E-state index in [1.54, 1.807) is 37.3 Å². The smallest absolute Gasteiger partial charge is 0.407 e. The van der Waals surface area contributed by atoms with Crippen molar-refractivity contribution < 1.29 is 23.8 Å². The second-order valence-corrected chi connectivity index (χ2v) is 6.03. The van der Waals surface area contributed by atoms with Crippen LogP contribution in [-0.2, 0) is 9.53 Å². The maximum Gasteiger partial charge on any atom is 0.407 e. The second kappa shape index (κ2) is 8.57. The zero-order valence-electron chi connectivity index (χ0n) is 15.1. The first-order chi connectivity index (χ1) is 11.9. The Hall–Kier alpha value is -2.48. The molecular weight excluding hydrogens is 326 g/mol. The summed E-state index contributed by atoms with van der Waals surface area (Å²) in [5, 5.41) is 2.74. The van der Waals surface area contributed by atoms with Crippen molar-refractivity contribution in [1.29, 1.82) is 0 Å². The minimum absolute atomic E-state index is 0.0641. The van der Waals surface area contributed by atoms with Crippen LogP contribution in [0, 0.1) is 0 Å². The Morgan fingerprint density at radius 2 is 2.00 bits per heavy atom. The third-order valence-electron chi connectivity index (χ3n) is 3.90. The van der Waals surface area contributed by atoms with Gasteiger partial charge < -0.3 is 29.3 Å². The summed E-state index contributed by atoms with van der Waals surface area (Å²) in [6, 6.07) is 5.00. The molecule has 1 atom stereocenters. The Bertz CT molecular complexity index is 620. The molecule has 1 N–H and O–H groups in total. The van der Waals surface area contributed by atoms with Gasteiger partial charge in [-0.15, -0.1) is 0 Å². The highest BCUT2D eigenvalue weighted by Crippen LogP contribution is 2.33. The first kappa shape index (κ1) is 18.9. The SMILES string of the molecule is COc1ccc(N2C[C@@H](NC(=O)OCCN(C)C)CC2=O)cc1OC. The Balaban J connectivity index is 1.95. The molecule has 8 heteroatoms. The van der Waals surface area contributed by atoms with Crippen molar-refractivity contribution in [2.45, 2.75) is 12.5 Å². The van der Waals surface area contributed by atoms with E-state index in [1.165, 1.54) is 0 Å². The fourth-order valence-corrected chi connectivity index (χ4v) is 2.58. The Labute approximate surface area is 147 Å². The number of nitrogens with one attached hydrogen (secondary N) is 1. The average Bonchev–Trinajstić information content (AvgIpc) is 2.94. The van der Waals surface area contributed by atoms with Gasteiger partial charge in [-0.25, -0.2) is 4.79 Å². The molecule has 1 saturated heterocycles. The van der Waals surface area contributed by atoms with Crippen molar-refractivity contribution in [3.05, 3.63) is 18.2 Å². The maximum absolute atomic E-state index is 12.3. The third kappa shape index (κ3) is 4.99. The number of amides is 2. The van der Waals surface area contributed by atoms with E-state index in [-0.39, 0.29) is 18.4 Å². The van der Waals surface area contributed by atoms with Gasteiger partial charge in [0.1, 0.15) is 6.61 Å². The second-order valence-electron chi connectivity index (χ2n) is 6.03. The van der Waals surface area contributed by atoms with Crippen LogP contribution in [0.1, 0.15) is 6.42 Å². The molecule has 1 aliphatic rings. The fraction of sp³-hybridized carbons (Fsp3) is 0.529. The molecule has 0 aromatic heterocycles. The molecule has 0 spiro atoms. The van der Waals surface area contributed by atoms with Crippen molar-refractivity contribution in [3.63, 3.8) is 0 Å². The topological polar surface area (TPSA) is 80.3 Å². The van der Waals surface area contributed by atoms with Crippen LogP contribution in [-0.4, -0.2) is 71.0 Å². The number of alkyl carbamates (subject to hydrolysis) is 1. The van der Waals surface area contributed by atoms with Crippen LogP contribution in [0.25, 0.3) is 0 Å². The number of methoxy groups -OCH3 is 2. The van der Waals surface area contributed by atoms with Gasteiger partial charge in [0.2, 0.25) is 5.91 Å². The molecule has 1 aromatic carbocycles. The van der Waals surface area contributed by atoms with E-state index < -0.39 is 6.09 Å². The van der Waals surface area contributed by atoms with E-state index in [2.05, 4.69) is 5.32 Å². The van der Waals surface area contributed by atoms with Gasteiger partial charge in [-0.05, 0) is 26.2 Å². The van der Waals surface area contributed by atoms with Gasteiger partial charge in [-0.3, -0.25) is 4.79 Å². The standard InChI is InChI=1S/C17H25N3O5/c1-19(2)7-8-25-17(22)18-12-9-16(21)20(11-12)13-5-6-14(23-3)15(10-13)24-4/h5-6,10,12H,7-9,11H2,1-4H3,(H,18,22)/t12-/m0/s1.